The quantitative estimate of drug-likeness (QED) is 0.806. The van der Waals surface area contributed by atoms with Gasteiger partial charge in [-0.1, -0.05) is 13.8 Å². The summed E-state index contributed by atoms with van der Waals surface area (Å²) >= 11 is 4.88. The number of thiophene rings is 1. The average molecular weight is 358 g/mol. The zero-order valence-corrected chi connectivity index (χ0v) is 13.9. The van der Waals surface area contributed by atoms with Gasteiger partial charge < -0.3 is 10.1 Å². The summed E-state index contributed by atoms with van der Waals surface area (Å²) in [7, 11) is 0. The molecule has 108 valence electrons. The number of rotatable bonds is 6. The fourth-order valence-electron chi connectivity index (χ4n) is 1.62. The fraction of sp³-hybridized carbons (Fsp3) is 0.333. The first-order chi connectivity index (χ1) is 9.54. The van der Waals surface area contributed by atoms with Crippen molar-refractivity contribution >= 4 is 27.3 Å². The Kier molecular flexibility index (Phi) is 5.57. The molecule has 2 aromatic rings. The molecule has 0 amide bonds. The van der Waals surface area contributed by atoms with Crippen molar-refractivity contribution in [3.05, 3.63) is 50.4 Å². The van der Waals surface area contributed by atoms with Gasteiger partial charge >= 0.3 is 0 Å². The topological polar surface area (TPSA) is 21.3 Å². The maximum absolute atomic E-state index is 13.1. The molecule has 0 aliphatic rings. The van der Waals surface area contributed by atoms with E-state index in [4.69, 9.17) is 4.74 Å². The zero-order chi connectivity index (χ0) is 14.5. The lowest BCUT2D eigenvalue weighted by Crippen LogP contribution is -2.21. The van der Waals surface area contributed by atoms with Crippen LogP contribution >= 0.6 is 27.3 Å². The highest BCUT2D eigenvalue weighted by molar-refractivity contribution is 9.10. The average Bonchev–Trinajstić information content (AvgIpc) is 2.86. The van der Waals surface area contributed by atoms with Crippen molar-refractivity contribution in [1.29, 1.82) is 0 Å². The van der Waals surface area contributed by atoms with Gasteiger partial charge in [-0.3, -0.25) is 0 Å². The largest absolute Gasteiger partial charge is 0.488 e. The highest BCUT2D eigenvalue weighted by Crippen LogP contribution is 2.24. The van der Waals surface area contributed by atoms with E-state index in [9.17, 15) is 4.39 Å². The van der Waals surface area contributed by atoms with E-state index >= 15 is 0 Å². The minimum atomic E-state index is -0.282. The molecule has 0 aliphatic carbocycles. The Morgan fingerprint density at radius 1 is 1.25 bits per heavy atom. The molecule has 0 saturated heterocycles. The van der Waals surface area contributed by atoms with Crippen LogP contribution < -0.4 is 10.1 Å². The Morgan fingerprint density at radius 2 is 2.00 bits per heavy atom. The summed E-state index contributed by atoms with van der Waals surface area (Å²) in [5, 5.41) is 3.38. The van der Waals surface area contributed by atoms with Crippen LogP contribution in [0.3, 0.4) is 0 Å². The molecule has 0 aliphatic heterocycles. The van der Waals surface area contributed by atoms with Gasteiger partial charge in [0.25, 0.3) is 0 Å². The van der Waals surface area contributed by atoms with Gasteiger partial charge in [-0.15, -0.1) is 11.3 Å². The van der Waals surface area contributed by atoms with Crippen LogP contribution in [0.2, 0.25) is 0 Å². The molecule has 2 rings (SSSR count). The van der Waals surface area contributed by atoms with Crippen molar-refractivity contribution in [3.8, 4) is 5.75 Å². The maximum atomic E-state index is 13.1. The van der Waals surface area contributed by atoms with Crippen LogP contribution in [0.1, 0.15) is 23.6 Å². The number of ether oxygens (including phenoxy) is 1. The van der Waals surface area contributed by atoms with Gasteiger partial charge in [0.2, 0.25) is 0 Å². The highest BCUT2D eigenvalue weighted by Gasteiger charge is 2.04. The summed E-state index contributed by atoms with van der Waals surface area (Å²) in [5.74, 6) is 0.379. The minimum Gasteiger partial charge on any atom is -0.488 e. The lowest BCUT2D eigenvalue weighted by atomic mass is 10.3. The van der Waals surface area contributed by atoms with Crippen LogP contribution in [-0.4, -0.2) is 6.04 Å². The van der Waals surface area contributed by atoms with Crippen molar-refractivity contribution in [3.63, 3.8) is 0 Å². The summed E-state index contributed by atoms with van der Waals surface area (Å²) < 4.78 is 19.2. The molecule has 1 heterocycles. The monoisotopic (exact) mass is 357 g/mol. The van der Waals surface area contributed by atoms with Gasteiger partial charge in [-0.25, -0.2) is 4.39 Å². The standard InChI is InChI=1S/C15H17BrFNOS/c1-10(2)18-8-12-4-5-13(20-12)9-19-11-3-6-15(17)14(16)7-11/h3-7,10,18H,8-9H2,1-2H3. The molecule has 0 fully saturated rings. The molecule has 1 N–H and O–H groups in total. The van der Waals surface area contributed by atoms with Crippen molar-refractivity contribution in [2.24, 2.45) is 0 Å². The van der Waals surface area contributed by atoms with Gasteiger partial charge in [0, 0.05) is 22.3 Å². The SMILES string of the molecule is CC(C)NCc1ccc(COc2ccc(F)c(Br)c2)s1. The molecule has 0 bridgehead atoms. The summed E-state index contributed by atoms with van der Waals surface area (Å²) in [6.45, 7) is 5.64. The van der Waals surface area contributed by atoms with Crippen LogP contribution in [0.5, 0.6) is 5.75 Å². The van der Waals surface area contributed by atoms with Gasteiger partial charge in [-0.2, -0.15) is 0 Å². The van der Waals surface area contributed by atoms with E-state index < -0.39 is 0 Å². The number of nitrogens with one attached hydrogen (secondary N) is 1. The van der Waals surface area contributed by atoms with Crippen molar-refractivity contribution in [1.82, 2.24) is 5.32 Å². The number of halogens is 2. The second kappa shape index (κ2) is 7.20. The van der Waals surface area contributed by atoms with Gasteiger partial charge in [0.05, 0.1) is 4.47 Å². The van der Waals surface area contributed by atoms with Crippen molar-refractivity contribution in [2.75, 3.05) is 0 Å². The van der Waals surface area contributed by atoms with Gasteiger partial charge in [0.15, 0.2) is 0 Å². The molecule has 0 unspecified atom stereocenters. The lowest BCUT2D eigenvalue weighted by molar-refractivity contribution is 0.309. The first-order valence-electron chi connectivity index (χ1n) is 6.43. The highest BCUT2D eigenvalue weighted by atomic mass is 79.9. The van der Waals surface area contributed by atoms with Gasteiger partial charge in [0.1, 0.15) is 18.2 Å². The Balaban J connectivity index is 1.89. The van der Waals surface area contributed by atoms with E-state index in [1.807, 2.05) is 0 Å². The van der Waals surface area contributed by atoms with Gasteiger partial charge in [-0.05, 0) is 46.3 Å². The first-order valence-corrected chi connectivity index (χ1v) is 8.04. The number of benzene rings is 1. The number of hydrogen-bond donors (Lipinski definition) is 1. The van der Waals surface area contributed by atoms with E-state index in [1.54, 1.807) is 23.5 Å². The molecule has 1 aromatic heterocycles. The van der Waals surface area contributed by atoms with E-state index in [1.165, 1.54) is 10.9 Å². The van der Waals surface area contributed by atoms with Crippen LogP contribution in [0.15, 0.2) is 34.8 Å². The second-order valence-corrected chi connectivity index (χ2v) is 6.88. The molecular formula is C15H17BrFNOS. The normalized spacial score (nSPS) is 11.1. The zero-order valence-electron chi connectivity index (χ0n) is 11.5. The predicted octanol–water partition coefficient (Wildman–Crippen LogP) is 4.73. The maximum Gasteiger partial charge on any atom is 0.137 e. The smallest absolute Gasteiger partial charge is 0.137 e. The Bertz CT molecular complexity index is 571. The molecule has 0 radical (unpaired) electrons. The predicted molar refractivity (Wildman–Crippen MR) is 84.7 cm³/mol. The molecule has 0 atom stereocenters. The fourth-order valence-corrected chi connectivity index (χ4v) is 2.86. The molecular weight excluding hydrogens is 341 g/mol. The summed E-state index contributed by atoms with van der Waals surface area (Å²) in [6, 6.07) is 9.33. The van der Waals surface area contributed by atoms with Crippen LogP contribution in [0.25, 0.3) is 0 Å². The van der Waals surface area contributed by atoms with E-state index in [0.29, 0.717) is 22.9 Å². The molecule has 2 nitrogen and oxygen atoms in total. The van der Waals surface area contributed by atoms with Crippen LogP contribution in [0, 0.1) is 5.82 Å². The Labute approximate surface area is 131 Å². The Morgan fingerprint density at radius 3 is 2.70 bits per heavy atom. The summed E-state index contributed by atoms with van der Waals surface area (Å²) in [6.07, 6.45) is 0. The van der Waals surface area contributed by atoms with Crippen molar-refractivity contribution < 1.29 is 9.13 Å². The second-order valence-electron chi connectivity index (χ2n) is 4.77. The Hall–Kier alpha value is -0.910. The van der Waals surface area contributed by atoms with E-state index in [-0.39, 0.29) is 5.82 Å². The summed E-state index contributed by atoms with van der Waals surface area (Å²) in [4.78, 5) is 2.45. The lowest BCUT2D eigenvalue weighted by Gasteiger charge is -2.06. The molecule has 20 heavy (non-hydrogen) atoms. The number of hydrogen-bond acceptors (Lipinski definition) is 3. The third-order valence-corrected chi connectivity index (χ3v) is 4.34. The molecule has 1 aromatic carbocycles. The van der Waals surface area contributed by atoms with Crippen LogP contribution in [0.4, 0.5) is 4.39 Å². The van der Waals surface area contributed by atoms with E-state index in [0.717, 1.165) is 11.4 Å². The molecule has 0 spiro atoms. The van der Waals surface area contributed by atoms with Crippen molar-refractivity contribution in [2.45, 2.75) is 33.0 Å². The van der Waals surface area contributed by atoms with E-state index in [2.05, 4.69) is 47.2 Å². The third kappa shape index (κ3) is 4.58. The molecule has 5 heteroatoms. The summed E-state index contributed by atoms with van der Waals surface area (Å²) in [5.41, 5.74) is 0. The third-order valence-electron chi connectivity index (χ3n) is 2.67. The van der Waals surface area contributed by atoms with Crippen LogP contribution in [-0.2, 0) is 13.2 Å². The minimum absolute atomic E-state index is 0.282. The molecule has 0 saturated carbocycles. The first kappa shape index (κ1) is 15.5.